The van der Waals surface area contributed by atoms with Crippen molar-refractivity contribution >= 4 is 12.1 Å². The van der Waals surface area contributed by atoms with Crippen molar-refractivity contribution in [2.75, 3.05) is 20.2 Å². The number of rotatable bonds is 5. The van der Waals surface area contributed by atoms with Gasteiger partial charge in [-0.05, 0) is 19.3 Å². The summed E-state index contributed by atoms with van der Waals surface area (Å²) < 4.78 is 4.71. The molecule has 0 aromatic heterocycles. The largest absolute Gasteiger partial charge is 0.468 e. The first kappa shape index (κ1) is 14.5. The van der Waals surface area contributed by atoms with Crippen LogP contribution in [0.4, 0.5) is 4.79 Å². The molecule has 1 aliphatic rings. The van der Waals surface area contributed by atoms with Crippen molar-refractivity contribution in [3.05, 3.63) is 12.7 Å². The number of ether oxygens (including phenoxy) is 1. The third-order valence-electron chi connectivity index (χ3n) is 3.09. The Bertz CT molecular complexity index is 311. The molecule has 1 fully saturated rings. The summed E-state index contributed by atoms with van der Waals surface area (Å²) in [5.41, 5.74) is 0. The van der Waals surface area contributed by atoms with Crippen LogP contribution in [0.2, 0.25) is 0 Å². The minimum absolute atomic E-state index is 0.143. The molecule has 6 heteroatoms. The first-order valence-corrected chi connectivity index (χ1v) is 6.01. The second-order valence-electron chi connectivity index (χ2n) is 4.31. The van der Waals surface area contributed by atoms with Crippen LogP contribution < -0.4 is 5.32 Å². The molecule has 2 N–H and O–H groups in total. The average Bonchev–Trinajstić information content (AvgIpc) is 2.38. The third kappa shape index (κ3) is 4.03. The van der Waals surface area contributed by atoms with E-state index in [9.17, 15) is 9.59 Å². The molecule has 0 aromatic carbocycles. The number of amides is 1. The highest BCUT2D eigenvalue weighted by Gasteiger charge is 2.26. The second kappa shape index (κ2) is 7.00. The maximum absolute atomic E-state index is 11.5. The van der Waals surface area contributed by atoms with Gasteiger partial charge in [0.25, 0.3) is 0 Å². The number of hydrogen-bond donors (Lipinski definition) is 2. The first-order chi connectivity index (χ1) is 8.58. The fraction of sp³-hybridized carbons (Fsp3) is 0.667. The number of hydrogen-bond acceptors (Lipinski definition) is 4. The van der Waals surface area contributed by atoms with E-state index in [0.717, 1.165) is 0 Å². The molecule has 1 heterocycles. The summed E-state index contributed by atoms with van der Waals surface area (Å²) in [6, 6.07) is -0.251. The van der Waals surface area contributed by atoms with Crippen LogP contribution >= 0.6 is 0 Å². The number of esters is 1. The van der Waals surface area contributed by atoms with Crippen LogP contribution in [0, 0.1) is 0 Å². The summed E-state index contributed by atoms with van der Waals surface area (Å²) >= 11 is 0. The van der Waals surface area contributed by atoms with Crippen LogP contribution in [0.3, 0.4) is 0 Å². The Balaban J connectivity index is 2.44. The van der Waals surface area contributed by atoms with E-state index in [0.29, 0.717) is 32.4 Å². The highest BCUT2D eigenvalue weighted by Crippen LogP contribution is 2.12. The number of likely N-dealkylation sites (tertiary alicyclic amines) is 1. The quantitative estimate of drug-likeness (QED) is 0.563. The number of carboxylic acid groups (broad SMARTS) is 1. The van der Waals surface area contributed by atoms with Crippen molar-refractivity contribution in [1.29, 1.82) is 0 Å². The van der Waals surface area contributed by atoms with Crippen molar-refractivity contribution in [3.63, 3.8) is 0 Å². The molecule has 1 rings (SSSR count). The van der Waals surface area contributed by atoms with Gasteiger partial charge in [0.05, 0.1) is 7.11 Å². The van der Waals surface area contributed by atoms with E-state index in [-0.39, 0.29) is 12.0 Å². The number of piperidine rings is 1. The lowest BCUT2D eigenvalue weighted by Crippen LogP contribution is -2.49. The number of carbonyl (C=O) groups is 2. The molecule has 1 atom stereocenters. The molecule has 0 bridgehead atoms. The lowest BCUT2D eigenvalue weighted by atomic mass is 10.0. The standard InChI is InChI=1S/C12H20N2O4/c1-3-4-10(11(15)18-2)13-9-5-7-14(8-6-9)12(16)17/h3,9-10,13H,1,4-8H2,2H3,(H,16,17). The van der Waals surface area contributed by atoms with Crippen molar-refractivity contribution in [2.24, 2.45) is 0 Å². The zero-order valence-electron chi connectivity index (χ0n) is 10.6. The predicted molar refractivity (Wildman–Crippen MR) is 66.4 cm³/mol. The lowest BCUT2D eigenvalue weighted by Gasteiger charge is -2.32. The molecule has 0 radical (unpaired) electrons. The Kier molecular flexibility index (Phi) is 5.64. The predicted octanol–water partition coefficient (Wildman–Crippen LogP) is 0.836. The van der Waals surface area contributed by atoms with E-state index in [2.05, 4.69) is 11.9 Å². The topological polar surface area (TPSA) is 78.9 Å². The van der Waals surface area contributed by atoms with Gasteiger partial charge in [-0.3, -0.25) is 4.79 Å². The van der Waals surface area contributed by atoms with E-state index in [1.54, 1.807) is 6.08 Å². The van der Waals surface area contributed by atoms with Crippen molar-refractivity contribution in [3.8, 4) is 0 Å². The third-order valence-corrected chi connectivity index (χ3v) is 3.09. The maximum atomic E-state index is 11.5. The molecule has 18 heavy (non-hydrogen) atoms. The molecule has 1 amide bonds. The van der Waals surface area contributed by atoms with Gasteiger partial charge >= 0.3 is 12.1 Å². The fourth-order valence-electron chi connectivity index (χ4n) is 2.06. The molecular formula is C12H20N2O4. The Labute approximate surface area is 107 Å². The monoisotopic (exact) mass is 256 g/mol. The molecule has 0 aromatic rings. The summed E-state index contributed by atoms with van der Waals surface area (Å²) in [7, 11) is 1.35. The average molecular weight is 256 g/mol. The molecular weight excluding hydrogens is 236 g/mol. The molecule has 1 saturated heterocycles. The molecule has 1 aliphatic heterocycles. The van der Waals surface area contributed by atoms with Gasteiger partial charge in [-0.25, -0.2) is 4.79 Å². The normalized spacial score (nSPS) is 18.2. The smallest absolute Gasteiger partial charge is 0.407 e. The first-order valence-electron chi connectivity index (χ1n) is 6.01. The molecule has 102 valence electrons. The van der Waals surface area contributed by atoms with Crippen LogP contribution in [0.25, 0.3) is 0 Å². The molecule has 1 unspecified atom stereocenters. The van der Waals surface area contributed by atoms with E-state index >= 15 is 0 Å². The minimum Gasteiger partial charge on any atom is -0.468 e. The SMILES string of the molecule is C=CCC(NC1CCN(C(=O)O)CC1)C(=O)OC. The second-order valence-corrected chi connectivity index (χ2v) is 4.31. The molecule has 0 spiro atoms. The Morgan fingerprint density at radius 2 is 2.17 bits per heavy atom. The van der Waals surface area contributed by atoms with Crippen molar-refractivity contribution < 1.29 is 19.4 Å². The van der Waals surface area contributed by atoms with E-state index in [4.69, 9.17) is 9.84 Å². The highest BCUT2D eigenvalue weighted by molar-refractivity contribution is 5.75. The van der Waals surface area contributed by atoms with Gasteiger partial charge < -0.3 is 20.1 Å². The molecule has 0 saturated carbocycles. The Hall–Kier alpha value is -1.56. The van der Waals surface area contributed by atoms with Crippen LogP contribution in [0.5, 0.6) is 0 Å². The summed E-state index contributed by atoms with van der Waals surface area (Å²) in [4.78, 5) is 23.7. The van der Waals surface area contributed by atoms with Gasteiger partial charge in [-0.15, -0.1) is 6.58 Å². The maximum Gasteiger partial charge on any atom is 0.407 e. The van der Waals surface area contributed by atoms with Crippen molar-refractivity contribution in [1.82, 2.24) is 10.2 Å². The van der Waals surface area contributed by atoms with E-state index in [1.807, 2.05) is 0 Å². The van der Waals surface area contributed by atoms with Crippen LogP contribution in [-0.2, 0) is 9.53 Å². The Morgan fingerprint density at radius 1 is 1.56 bits per heavy atom. The van der Waals surface area contributed by atoms with Crippen molar-refractivity contribution in [2.45, 2.75) is 31.3 Å². The Morgan fingerprint density at radius 3 is 2.61 bits per heavy atom. The van der Waals surface area contributed by atoms with E-state index < -0.39 is 12.1 Å². The summed E-state index contributed by atoms with van der Waals surface area (Å²) in [6.07, 6.45) is 2.70. The van der Waals surface area contributed by atoms with E-state index in [1.165, 1.54) is 12.0 Å². The zero-order valence-corrected chi connectivity index (χ0v) is 10.6. The van der Waals surface area contributed by atoms with Crippen LogP contribution in [0.1, 0.15) is 19.3 Å². The number of nitrogens with zero attached hydrogens (tertiary/aromatic N) is 1. The minimum atomic E-state index is -0.885. The van der Waals surface area contributed by atoms with Gasteiger partial charge in [0.1, 0.15) is 6.04 Å². The van der Waals surface area contributed by atoms with Crippen LogP contribution in [-0.4, -0.2) is 54.4 Å². The van der Waals surface area contributed by atoms with Crippen LogP contribution in [0.15, 0.2) is 12.7 Å². The zero-order chi connectivity index (χ0) is 13.5. The number of methoxy groups -OCH3 is 1. The summed E-state index contributed by atoms with van der Waals surface area (Å²) in [5, 5.41) is 12.0. The van der Waals surface area contributed by atoms with Gasteiger partial charge in [0.15, 0.2) is 0 Å². The number of carbonyl (C=O) groups excluding carboxylic acids is 1. The molecule has 6 nitrogen and oxygen atoms in total. The highest BCUT2D eigenvalue weighted by atomic mass is 16.5. The lowest BCUT2D eigenvalue weighted by molar-refractivity contribution is -0.143. The summed E-state index contributed by atoms with van der Waals surface area (Å²) in [6.45, 7) is 4.60. The van der Waals surface area contributed by atoms with Gasteiger partial charge in [-0.1, -0.05) is 6.08 Å². The van der Waals surface area contributed by atoms with Gasteiger partial charge in [0.2, 0.25) is 0 Å². The fourth-order valence-corrected chi connectivity index (χ4v) is 2.06. The number of nitrogens with one attached hydrogen (secondary N) is 1. The van der Waals surface area contributed by atoms with Gasteiger partial charge in [-0.2, -0.15) is 0 Å². The summed E-state index contributed by atoms with van der Waals surface area (Å²) in [5.74, 6) is -0.310. The molecule has 0 aliphatic carbocycles. The van der Waals surface area contributed by atoms with Gasteiger partial charge in [0, 0.05) is 19.1 Å².